The van der Waals surface area contributed by atoms with Crippen LogP contribution < -0.4 is 10.6 Å². The van der Waals surface area contributed by atoms with Crippen LogP contribution >= 0.6 is 11.6 Å². The van der Waals surface area contributed by atoms with Gasteiger partial charge in [0.2, 0.25) is 5.91 Å². The van der Waals surface area contributed by atoms with Gasteiger partial charge in [-0.25, -0.2) is 4.98 Å². The second-order valence-electron chi connectivity index (χ2n) is 4.88. The Labute approximate surface area is 126 Å². The van der Waals surface area contributed by atoms with Gasteiger partial charge in [-0.05, 0) is 36.2 Å². The Kier molecular flexibility index (Phi) is 3.35. The maximum atomic E-state index is 12.2. The van der Waals surface area contributed by atoms with Crippen molar-refractivity contribution < 1.29 is 9.59 Å². The number of rotatable bonds is 2. The number of fused-ring (bicyclic) bond motifs is 1. The molecule has 2 N–H and O–H groups in total. The van der Waals surface area contributed by atoms with E-state index in [1.165, 1.54) is 6.20 Å². The molecule has 0 saturated carbocycles. The third kappa shape index (κ3) is 2.73. The molecule has 0 atom stereocenters. The van der Waals surface area contributed by atoms with Crippen molar-refractivity contribution in [1.29, 1.82) is 0 Å². The van der Waals surface area contributed by atoms with Crippen molar-refractivity contribution >= 4 is 34.8 Å². The summed E-state index contributed by atoms with van der Waals surface area (Å²) in [5, 5.41) is 5.89. The third-order valence-corrected chi connectivity index (χ3v) is 3.67. The summed E-state index contributed by atoms with van der Waals surface area (Å²) in [6.07, 6.45) is 1.86. The molecule has 2 heterocycles. The van der Waals surface area contributed by atoms with E-state index in [-0.39, 0.29) is 11.8 Å². The molecule has 0 aliphatic carbocycles. The lowest BCUT2D eigenvalue weighted by Crippen LogP contribution is -2.12. The molecule has 106 valence electrons. The van der Waals surface area contributed by atoms with Crippen LogP contribution in [0.3, 0.4) is 0 Å². The van der Waals surface area contributed by atoms with Crippen molar-refractivity contribution in [2.75, 3.05) is 10.6 Å². The minimum absolute atomic E-state index is 0.0555. The molecule has 0 radical (unpaired) electrons. The van der Waals surface area contributed by atoms with Gasteiger partial charge in [0.1, 0.15) is 5.15 Å². The minimum Gasteiger partial charge on any atom is -0.326 e. The molecule has 3 rings (SSSR count). The van der Waals surface area contributed by atoms with Crippen LogP contribution in [0.4, 0.5) is 11.4 Å². The van der Waals surface area contributed by atoms with E-state index in [0.717, 1.165) is 11.1 Å². The second kappa shape index (κ2) is 5.18. The van der Waals surface area contributed by atoms with Gasteiger partial charge in [-0.2, -0.15) is 0 Å². The van der Waals surface area contributed by atoms with E-state index < -0.39 is 0 Å². The van der Waals surface area contributed by atoms with Crippen molar-refractivity contribution in [3.05, 3.63) is 52.3 Å². The summed E-state index contributed by atoms with van der Waals surface area (Å²) in [5.41, 5.74) is 3.43. The van der Waals surface area contributed by atoms with Gasteiger partial charge in [0.25, 0.3) is 5.91 Å². The maximum absolute atomic E-state index is 12.2. The summed E-state index contributed by atoms with van der Waals surface area (Å²) in [5.74, 6) is -0.317. The summed E-state index contributed by atoms with van der Waals surface area (Å²) in [6, 6.07) is 6.91. The molecule has 0 fully saturated rings. The van der Waals surface area contributed by atoms with Crippen molar-refractivity contribution in [3.63, 3.8) is 0 Å². The highest BCUT2D eigenvalue weighted by molar-refractivity contribution is 6.30. The Balaban J connectivity index is 1.81. The average Bonchev–Trinajstić information content (AvgIpc) is 2.82. The third-order valence-electron chi connectivity index (χ3n) is 3.27. The standard InChI is InChI=1S/C15H12ClN3O2/c1-8-4-11(7-17-14(8)16)18-15(21)10-3-2-9-6-13(20)19-12(9)5-10/h2-5,7H,6H2,1H3,(H,18,21)(H,19,20). The highest BCUT2D eigenvalue weighted by atomic mass is 35.5. The van der Waals surface area contributed by atoms with Gasteiger partial charge >= 0.3 is 0 Å². The molecule has 1 aliphatic rings. The Morgan fingerprint density at radius 1 is 1.38 bits per heavy atom. The van der Waals surface area contributed by atoms with E-state index >= 15 is 0 Å². The monoisotopic (exact) mass is 301 g/mol. The number of aromatic nitrogens is 1. The topological polar surface area (TPSA) is 71.1 Å². The summed E-state index contributed by atoms with van der Waals surface area (Å²) in [7, 11) is 0. The van der Waals surface area contributed by atoms with E-state index in [1.54, 1.807) is 24.3 Å². The molecule has 21 heavy (non-hydrogen) atoms. The lowest BCUT2D eigenvalue weighted by Gasteiger charge is -2.07. The van der Waals surface area contributed by atoms with Crippen molar-refractivity contribution in [2.24, 2.45) is 0 Å². The molecule has 0 spiro atoms. The lowest BCUT2D eigenvalue weighted by atomic mass is 10.1. The molecule has 0 saturated heterocycles. The number of pyridine rings is 1. The van der Waals surface area contributed by atoms with E-state index in [9.17, 15) is 9.59 Å². The molecule has 0 unspecified atom stereocenters. The highest BCUT2D eigenvalue weighted by Gasteiger charge is 2.19. The van der Waals surface area contributed by atoms with Gasteiger partial charge in [0, 0.05) is 11.3 Å². The molecule has 5 nitrogen and oxygen atoms in total. The Morgan fingerprint density at radius 3 is 2.95 bits per heavy atom. The first kappa shape index (κ1) is 13.6. The number of carbonyl (C=O) groups is 2. The predicted molar refractivity (Wildman–Crippen MR) is 80.7 cm³/mol. The number of aryl methyl sites for hydroxylation is 1. The number of anilines is 2. The number of halogens is 1. The molecule has 2 amide bonds. The van der Waals surface area contributed by atoms with Crippen molar-refractivity contribution in [2.45, 2.75) is 13.3 Å². The zero-order valence-corrected chi connectivity index (χ0v) is 12.0. The quantitative estimate of drug-likeness (QED) is 0.838. The van der Waals surface area contributed by atoms with Crippen LogP contribution in [-0.2, 0) is 11.2 Å². The fourth-order valence-electron chi connectivity index (χ4n) is 2.19. The predicted octanol–water partition coefficient (Wildman–Crippen LogP) is 2.79. The second-order valence-corrected chi connectivity index (χ2v) is 5.24. The molecule has 2 aromatic rings. The van der Waals surface area contributed by atoms with E-state index in [1.807, 2.05) is 6.92 Å². The SMILES string of the molecule is Cc1cc(NC(=O)c2ccc3c(c2)NC(=O)C3)cnc1Cl. The van der Waals surface area contributed by atoms with Crippen LogP contribution in [0, 0.1) is 6.92 Å². The number of benzene rings is 1. The Morgan fingerprint density at radius 2 is 2.19 bits per heavy atom. The van der Waals surface area contributed by atoms with E-state index in [4.69, 9.17) is 11.6 Å². The lowest BCUT2D eigenvalue weighted by molar-refractivity contribution is -0.115. The zero-order valence-electron chi connectivity index (χ0n) is 11.2. The van der Waals surface area contributed by atoms with Gasteiger partial charge in [-0.15, -0.1) is 0 Å². The smallest absolute Gasteiger partial charge is 0.255 e. The minimum atomic E-state index is -0.262. The van der Waals surface area contributed by atoms with Crippen molar-refractivity contribution in [1.82, 2.24) is 4.98 Å². The first-order valence-corrected chi connectivity index (χ1v) is 6.77. The van der Waals surface area contributed by atoms with E-state index in [0.29, 0.717) is 28.5 Å². The molecule has 6 heteroatoms. The Hall–Kier alpha value is -2.40. The first-order valence-electron chi connectivity index (χ1n) is 6.39. The number of carbonyl (C=O) groups excluding carboxylic acids is 2. The van der Waals surface area contributed by atoms with Crippen molar-refractivity contribution in [3.8, 4) is 0 Å². The summed E-state index contributed by atoms with van der Waals surface area (Å²) in [4.78, 5) is 27.5. The first-order chi connectivity index (χ1) is 10.0. The van der Waals surface area contributed by atoms with Crippen LogP contribution in [0.15, 0.2) is 30.5 Å². The van der Waals surface area contributed by atoms with Gasteiger partial charge < -0.3 is 10.6 Å². The molecular formula is C15H12ClN3O2. The van der Waals surface area contributed by atoms with Crippen LogP contribution in [0.25, 0.3) is 0 Å². The molecule has 1 aromatic carbocycles. The number of hydrogen-bond donors (Lipinski definition) is 2. The van der Waals surface area contributed by atoms with Gasteiger partial charge in [-0.1, -0.05) is 17.7 Å². The van der Waals surface area contributed by atoms with Crippen LogP contribution in [0.5, 0.6) is 0 Å². The molecule has 1 aliphatic heterocycles. The van der Waals surface area contributed by atoms with E-state index in [2.05, 4.69) is 15.6 Å². The number of nitrogens with zero attached hydrogens (tertiary/aromatic N) is 1. The van der Waals surface area contributed by atoms with Gasteiger partial charge in [-0.3, -0.25) is 9.59 Å². The summed E-state index contributed by atoms with van der Waals surface area (Å²) in [6.45, 7) is 1.82. The number of amides is 2. The normalized spacial score (nSPS) is 12.8. The maximum Gasteiger partial charge on any atom is 0.255 e. The van der Waals surface area contributed by atoms with Crippen LogP contribution in [-0.4, -0.2) is 16.8 Å². The average molecular weight is 302 g/mol. The molecule has 0 bridgehead atoms. The summed E-state index contributed by atoms with van der Waals surface area (Å²) < 4.78 is 0. The zero-order chi connectivity index (χ0) is 15.0. The number of hydrogen-bond acceptors (Lipinski definition) is 3. The van der Waals surface area contributed by atoms with Crippen LogP contribution in [0.1, 0.15) is 21.5 Å². The summed E-state index contributed by atoms with van der Waals surface area (Å²) >= 11 is 5.85. The molecular weight excluding hydrogens is 290 g/mol. The van der Waals surface area contributed by atoms with Crippen LogP contribution in [0.2, 0.25) is 5.15 Å². The van der Waals surface area contributed by atoms with Gasteiger partial charge in [0.15, 0.2) is 0 Å². The fraction of sp³-hybridized carbons (Fsp3) is 0.133. The molecule has 1 aromatic heterocycles. The highest BCUT2D eigenvalue weighted by Crippen LogP contribution is 2.24. The van der Waals surface area contributed by atoms with Gasteiger partial charge in [0.05, 0.1) is 18.3 Å². The largest absolute Gasteiger partial charge is 0.326 e. The fourth-order valence-corrected chi connectivity index (χ4v) is 2.29. The number of nitrogens with one attached hydrogen (secondary N) is 2. The Bertz CT molecular complexity index is 759.